The highest BCUT2D eigenvalue weighted by Gasteiger charge is 2.23. The van der Waals surface area contributed by atoms with Crippen LogP contribution in [0.5, 0.6) is 0 Å². The Balaban J connectivity index is 1.91. The molecule has 110 valence electrons. The Kier molecular flexibility index (Phi) is 3.96. The summed E-state index contributed by atoms with van der Waals surface area (Å²) in [4.78, 5) is 8.24. The van der Waals surface area contributed by atoms with Gasteiger partial charge in [-0.15, -0.1) is 11.3 Å². The zero-order chi connectivity index (χ0) is 14.1. The van der Waals surface area contributed by atoms with Gasteiger partial charge < -0.3 is 15.0 Å². The third-order valence-electron chi connectivity index (χ3n) is 3.56. The van der Waals surface area contributed by atoms with Crippen LogP contribution < -0.4 is 10.2 Å². The summed E-state index contributed by atoms with van der Waals surface area (Å²) in [5.41, 5.74) is 1.25. The first-order chi connectivity index (χ1) is 9.65. The molecule has 2 aromatic heterocycles. The number of fused-ring (bicyclic) bond motifs is 1. The van der Waals surface area contributed by atoms with Crippen molar-refractivity contribution in [1.82, 2.24) is 14.7 Å². The topological polar surface area (TPSA) is 41.8 Å². The normalized spacial score (nSPS) is 20.2. The number of nitrogens with one attached hydrogen (secondary N) is 1. The second-order valence-corrected chi connectivity index (χ2v) is 6.47. The molecule has 1 saturated heterocycles. The van der Waals surface area contributed by atoms with E-state index in [1.165, 1.54) is 5.69 Å². The van der Waals surface area contributed by atoms with Crippen molar-refractivity contribution in [2.24, 2.45) is 0 Å². The van der Waals surface area contributed by atoms with Crippen molar-refractivity contribution < 1.29 is 4.74 Å². The first-order valence-corrected chi connectivity index (χ1v) is 8.07. The molecule has 1 fully saturated rings. The van der Waals surface area contributed by atoms with E-state index in [0.717, 1.165) is 37.0 Å². The Hall–Kier alpha value is -1.11. The van der Waals surface area contributed by atoms with Crippen LogP contribution in [-0.2, 0) is 11.3 Å². The maximum Gasteiger partial charge on any atom is 0.195 e. The molecule has 1 atom stereocenters. The van der Waals surface area contributed by atoms with Crippen LogP contribution in [0.2, 0.25) is 0 Å². The van der Waals surface area contributed by atoms with E-state index in [1.807, 2.05) is 0 Å². The van der Waals surface area contributed by atoms with Crippen molar-refractivity contribution in [3.8, 4) is 0 Å². The molecule has 0 saturated carbocycles. The molecule has 6 heteroatoms. The second kappa shape index (κ2) is 5.71. The van der Waals surface area contributed by atoms with Crippen LogP contribution in [0.1, 0.15) is 26.5 Å². The van der Waals surface area contributed by atoms with Gasteiger partial charge in [0.25, 0.3) is 0 Å². The summed E-state index contributed by atoms with van der Waals surface area (Å²) in [5.74, 6) is 1.11. The Bertz CT molecular complexity index is 577. The highest BCUT2D eigenvalue weighted by Crippen LogP contribution is 2.26. The summed E-state index contributed by atoms with van der Waals surface area (Å²) in [5, 5.41) is 5.60. The Morgan fingerprint density at radius 1 is 1.55 bits per heavy atom. The maximum atomic E-state index is 5.63. The molecular weight excluding hydrogens is 272 g/mol. The van der Waals surface area contributed by atoms with Crippen LogP contribution in [0, 0.1) is 0 Å². The molecule has 1 aliphatic rings. The fourth-order valence-corrected chi connectivity index (χ4v) is 3.28. The van der Waals surface area contributed by atoms with Gasteiger partial charge in [0.05, 0.1) is 18.4 Å². The molecule has 1 unspecified atom stereocenters. The lowest BCUT2D eigenvalue weighted by Gasteiger charge is -2.32. The zero-order valence-electron chi connectivity index (χ0n) is 12.3. The second-order valence-electron chi connectivity index (χ2n) is 5.60. The van der Waals surface area contributed by atoms with Gasteiger partial charge in [0.1, 0.15) is 0 Å². The van der Waals surface area contributed by atoms with Crippen molar-refractivity contribution >= 4 is 22.1 Å². The van der Waals surface area contributed by atoms with Crippen LogP contribution in [0.3, 0.4) is 0 Å². The van der Waals surface area contributed by atoms with Gasteiger partial charge in [-0.1, -0.05) is 13.8 Å². The van der Waals surface area contributed by atoms with Crippen LogP contribution in [-0.4, -0.2) is 41.2 Å². The van der Waals surface area contributed by atoms with Gasteiger partial charge in [-0.2, -0.15) is 0 Å². The highest BCUT2D eigenvalue weighted by atomic mass is 32.1. The number of thiazole rings is 1. The predicted octanol–water partition coefficient (Wildman–Crippen LogP) is 2.12. The van der Waals surface area contributed by atoms with E-state index in [4.69, 9.17) is 9.72 Å². The summed E-state index contributed by atoms with van der Waals surface area (Å²) < 4.78 is 7.84. The van der Waals surface area contributed by atoms with Gasteiger partial charge >= 0.3 is 0 Å². The molecule has 1 N–H and O–H groups in total. The number of ether oxygens (including phenoxy) is 1. The van der Waals surface area contributed by atoms with Crippen molar-refractivity contribution in [1.29, 1.82) is 0 Å². The summed E-state index contributed by atoms with van der Waals surface area (Å²) >= 11 is 1.69. The van der Waals surface area contributed by atoms with Crippen molar-refractivity contribution in [3.05, 3.63) is 17.3 Å². The van der Waals surface area contributed by atoms with E-state index in [9.17, 15) is 0 Å². The quantitative estimate of drug-likeness (QED) is 0.938. The first-order valence-electron chi connectivity index (χ1n) is 7.19. The number of nitrogens with zero attached hydrogens (tertiary/aromatic N) is 3. The van der Waals surface area contributed by atoms with Crippen LogP contribution in [0.15, 0.2) is 11.6 Å². The lowest BCUT2D eigenvalue weighted by Crippen LogP contribution is -2.42. The average Bonchev–Trinajstić information content (AvgIpc) is 2.96. The minimum atomic E-state index is 0.273. The largest absolute Gasteiger partial charge is 0.375 e. The number of hydrogen-bond donors (Lipinski definition) is 1. The molecule has 3 heterocycles. The molecule has 20 heavy (non-hydrogen) atoms. The lowest BCUT2D eigenvalue weighted by molar-refractivity contribution is 0.0529. The molecule has 3 rings (SSSR count). The Morgan fingerprint density at radius 2 is 2.40 bits per heavy atom. The number of rotatable bonds is 4. The SMILES string of the molecule is CC(C)NCc1c(N2CCOC(C)C2)nc2sccn12. The minimum Gasteiger partial charge on any atom is -0.375 e. The molecular formula is C14H22N4OS. The molecule has 2 aromatic rings. The van der Waals surface area contributed by atoms with Crippen LogP contribution in [0.25, 0.3) is 4.96 Å². The fraction of sp³-hybridized carbons (Fsp3) is 0.643. The summed E-state index contributed by atoms with van der Waals surface area (Å²) in [6, 6.07) is 0.468. The zero-order valence-corrected chi connectivity index (χ0v) is 13.1. The molecule has 0 spiro atoms. The fourth-order valence-electron chi connectivity index (χ4n) is 2.55. The van der Waals surface area contributed by atoms with E-state index in [1.54, 1.807) is 11.3 Å². The first kappa shape index (κ1) is 13.9. The van der Waals surface area contributed by atoms with Crippen molar-refractivity contribution in [3.63, 3.8) is 0 Å². The number of imidazole rings is 1. The van der Waals surface area contributed by atoms with Crippen molar-refractivity contribution in [2.45, 2.75) is 39.5 Å². The van der Waals surface area contributed by atoms with E-state index in [-0.39, 0.29) is 6.10 Å². The van der Waals surface area contributed by atoms with Gasteiger partial charge in [-0.3, -0.25) is 4.40 Å². The molecule has 5 nitrogen and oxygen atoms in total. The third-order valence-corrected chi connectivity index (χ3v) is 4.31. The van der Waals surface area contributed by atoms with E-state index < -0.39 is 0 Å². The highest BCUT2D eigenvalue weighted by molar-refractivity contribution is 7.15. The minimum absolute atomic E-state index is 0.273. The number of hydrogen-bond acceptors (Lipinski definition) is 5. The summed E-state index contributed by atoms with van der Waals surface area (Å²) in [6.45, 7) is 9.92. The van der Waals surface area contributed by atoms with Gasteiger partial charge in [0, 0.05) is 37.3 Å². The van der Waals surface area contributed by atoms with E-state index in [2.05, 4.69) is 47.0 Å². The van der Waals surface area contributed by atoms with Gasteiger partial charge in [-0.05, 0) is 6.92 Å². The van der Waals surface area contributed by atoms with Crippen molar-refractivity contribution in [2.75, 3.05) is 24.6 Å². The predicted molar refractivity (Wildman–Crippen MR) is 82.7 cm³/mol. The Labute approximate surface area is 123 Å². The molecule has 1 aliphatic heterocycles. The number of morpholine rings is 1. The molecule has 0 radical (unpaired) electrons. The Morgan fingerprint density at radius 3 is 3.15 bits per heavy atom. The average molecular weight is 294 g/mol. The summed E-state index contributed by atoms with van der Waals surface area (Å²) in [7, 11) is 0. The monoisotopic (exact) mass is 294 g/mol. The number of aromatic nitrogens is 2. The standard InChI is InChI=1S/C14H22N4OS/c1-10(2)15-8-12-13(16-14-18(12)5-7-20-14)17-4-6-19-11(3)9-17/h5,7,10-11,15H,4,6,8-9H2,1-3H3. The lowest BCUT2D eigenvalue weighted by atomic mass is 10.2. The summed E-state index contributed by atoms with van der Waals surface area (Å²) in [6.07, 6.45) is 2.38. The van der Waals surface area contributed by atoms with Gasteiger partial charge in [0.2, 0.25) is 0 Å². The van der Waals surface area contributed by atoms with E-state index in [0.29, 0.717) is 6.04 Å². The van der Waals surface area contributed by atoms with Crippen LogP contribution in [0.4, 0.5) is 5.82 Å². The number of anilines is 1. The van der Waals surface area contributed by atoms with Gasteiger partial charge in [0.15, 0.2) is 10.8 Å². The molecule has 0 aliphatic carbocycles. The van der Waals surface area contributed by atoms with E-state index >= 15 is 0 Å². The molecule has 0 aromatic carbocycles. The third kappa shape index (κ3) is 2.68. The smallest absolute Gasteiger partial charge is 0.195 e. The maximum absolute atomic E-state index is 5.63. The molecule has 0 bridgehead atoms. The van der Waals surface area contributed by atoms with Crippen LogP contribution >= 0.6 is 11.3 Å². The van der Waals surface area contributed by atoms with Gasteiger partial charge in [-0.25, -0.2) is 4.98 Å². The molecule has 0 amide bonds.